The zero-order valence-corrected chi connectivity index (χ0v) is 12.6. The average molecular weight is 286 g/mol. The molecule has 0 aliphatic rings. The largest absolute Gasteiger partial charge is 0.356 e. The van der Waals surface area contributed by atoms with Crippen molar-refractivity contribution in [3.63, 3.8) is 0 Å². The molecular weight excluding hydrogens is 264 g/mol. The van der Waals surface area contributed by atoms with E-state index in [2.05, 4.69) is 10.4 Å². The van der Waals surface area contributed by atoms with Gasteiger partial charge >= 0.3 is 0 Å². The summed E-state index contributed by atoms with van der Waals surface area (Å²) in [6, 6.07) is 9.94. The zero-order valence-electron chi connectivity index (χ0n) is 12.6. The molecule has 0 aliphatic carbocycles. The third-order valence-electron chi connectivity index (χ3n) is 3.48. The number of rotatable bonds is 6. The number of nitrogens with two attached hydrogens (primary N) is 1. The lowest BCUT2D eigenvalue weighted by atomic mass is 10.1. The Morgan fingerprint density at radius 3 is 2.67 bits per heavy atom. The fraction of sp³-hybridized carbons (Fsp3) is 0.375. The molecule has 0 atom stereocenters. The molecule has 2 aromatic rings. The monoisotopic (exact) mass is 286 g/mol. The molecule has 21 heavy (non-hydrogen) atoms. The quantitative estimate of drug-likeness (QED) is 0.790. The smallest absolute Gasteiger partial charge is 0.224 e. The number of nitrogens with one attached hydrogen (secondary N) is 1. The third kappa shape index (κ3) is 3.70. The Hall–Kier alpha value is -2.14. The highest BCUT2D eigenvalue weighted by molar-refractivity contribution is 5.79. The Kier molecular flexibility index (Phi) is 5.11. The first kappa shape index (κ1) is 15.3. The fourth-order valence-corrected chi connectivity index (χ4v) is 2.30. The zero-order chi connectivity index (χ0) is 15.2. The van der Waals surface area contributed by atoms with Crippen LogP contribution in [-0.4, -0.2) is 28.8 Å². The Labute approximate surface area is 125 Å². The predicted octanol–water partition coefficient (Wildman–Crippen LogP) is 1.50. The lowest BCUT2D eigenvalue weighted by Gasteiger charge is -2.06. The number of amides is 1. The van der Waals surface area contributed by atoms with Gasteiger partial charge in [0, 0.05) is 17.8 Å². The second kappa shape index (κ2) is 7.04. The Morgan fingerprint density at radius 2 is 2.00 bits per heavy atom. The Bertz CT molecular complexity index is 604. The van der Waals surface area contributed by atoms with Crippen LogP contribution in [0.1, 0.15) is 23.4 Å². The van der Waals surface area contributed by atoms with Crippen molar-refractivity contribution < 1.29 is 4.79 Å². The number of carbonyl (C=O) groups excluding carboxylic acids is 1. The highest BCUT2D eigenvalue weighted by Gasteiger charge is 2.15. The lowest BCUT2D eigenvalue weighted by Crippen LogP contribution is -2.27. The van der Waals surface area contributed by atoms with E-state index in [9.17, 15) is 4.79 Å². The minimum atomic E-state index is 0.0160. The summed E-state index contributed by atoms with van der Waals surface area (Å²) >= 11 is 0. The van der Waals surface area contributed by atoms with Crippen molar-refractivity contribution in [2.75, 3.05) is 13.1 Å². The van der Waals surface area contributed by atoms with E-state index in [0.29, 0.717) is 19.5 Å². The van der Waals surface area contributed by atoms with Crippen LogP contribution in [-0.2, 0) is 11.2 Å². The minimum Gasteiger partial charge on any atom is -0.356 e. The molecule has 1 amide bonds. The van der Waals surface area contributed by atoms with Gasteiger partial charge in [-0.2, -0.15) is 5.10 Å². The number of hydrogen-bond donors (Lipinski definition) is 2. The van der Waals surface area contributed by atoms with Crippen molar-refractivity contribution in [3.05, 3.63) is 47.3 Å². The van der Waals surface area contributed by atoms with Gasteiger partial charge in [0.15, 0.2) is 0 Å². The molecular formula is C16H22N4O. The number of carbonyl (C=O) groups is 1. The first-order chi connectivity index (χ1) is 10.1. The number of hydrogen-bond acceptors (Lipinski definition) is 3. The van der Waals surface area contributed by atoms with Crippen molar-refractivity contribution in [1.29, 1.82) is 0 Å². The summed E-state index contributed by atoms with van der Waals surface area (Å²) in [5, 5.41) is 7.43. The average Bonchev–Trinajstić information content (AvgIpc) is 2.76. The van der Waals surface area contributed by atoms with Crippen molar-refractivity contribution >= 4 is 5.91 Å². The first-order valence-corrected chi connectivity index (χ1v) is 7.20. The number of para-hydroxylation sites is 1. The van der Waals surface area contributed by atoms with E-state index < -0.39 is 0 Å². The molecule has 0 saturated carbocycles. The number of nitrogens with zero attached hydrogens (tertiary/aromatic N) is 2. The Morgan fingerprint density at radius 1 is 1.29 bits per heavy atom. The topological polar surface area (TPSA) is 72.9 Å². The van der Waals surface area contributed by atoms with Crippen LogP contribution in [0.5, 0.6) is 0 Å². The van der Waals surface area contributed by atoms with E-state index >= 15 is 0 Å². The Balaban J connectivity index is 2.15. The molecule has 0 radical (unpaired) electrons. The molecule has 0 fully saturated rings. The molecule has 5 heteroatoms. The molecule has 0 unspecified atom stereocenters. The van der Waals surface area contributed by atoms with Gasteiger partial charge in [-0.1, -0.05) is 18.2 Å². The molecule has 3 N–H and O–H groups in total. The first-order valence-electron chi connectivity index (χ1n) is 7.20. The van der Waals surface area contributed by atoms with Crippen LogP contribution in [0.4, 0.5) is 0 Å². The summed E-state index contributed by atoms with van der Waals surface area (Å²) in [5.41, 5.74) is 9.32. The number of aryl methyl sites for hydroxylation is 1. The van der Waals surface area contributed by atoms with Gasteiger partial charge < -0.3 is 11.1 Å². The number of benzene rings is 1. The highest BCUT2D eigenvalue weighted by atomic mass is 16.1. The van der Waals surface area contributed by atoms with Crippen molar-refractivity contribution in [3.8, 4) is 5.69 Å². The molecule has 2 rings (SSSR count). The van der Waals surface area contributed by atoms with E-state index in [1.807, 2.05) is 48.9 Å². The molecule has 0 aliphatic heterocycles. The second-order valence-corrected chi connectivity index (χ2v) is 5.07. The van der Waals surface area contributed by atoms with E-state index in [1.165, 1.54) is 0 Å². The summed E-state index contributed by atoms with van der Waals surface area (Å²) in [7, 11) is 0. The third-order valence-corrected chi connectivity index (χ3v) is 3.48. The van der Waals surface area contributed by atoms with Crippen LogP contribution in [0.3, 0.4) is 0 Å². The van der Waals surface area contributed by atoms with Crippen LogP contribution in [0.15, 0.2) is 30.3 Å². The van der Waals surface area contributed by atoms with Crippen molar-refractivity contribution in [2.24, 2.45) is 5.73 Å². The molecule has 1 aromatic heterocycles. The molecule has 1 aromatic carbocycles. The predicted molar refractivity (Wildman–Crippen MR) is 83.4 cm³/mol. The SMILES string of the molecule is Cc1nn(-c2ccccc2)c(C)c1CC(=O)NCCCN. The van der Waals surface area contributed by atoms with Crippen LogP contribution in [0, 0.1) is 13.8 Å². The van der Waals surface area contributed by atoms with E-state index in [0.717, 1.165) is 29.1 Å². The maximum atomic E-state index is 11.9. The maximum absolute atomic E-state index is 11.9. The van der Waals surface area contributed by atoms with Gasteiger partial charge in [-0.25, -0.2) is 4.68 Å². The summed E-state index contributed by atoms with van der Waals surface area (Å²) in [5.74, 6) is 0.0160. The van der Waals surface area contributed by atoms with Crippen LogP contribution < -0.4 is 11.1 Å². The van der Waals surface area contributed by atoms with E-state index in [4.69, 9.17) is 5.73 Å². The summed E-state index contributed by atoms with van der Waals surface area (Å²) in [6.45, 7) is 5.15. The van der Waals surface area contributed by atoms with Crippen LogP contribution in [0.25, 0.3) is 5.69 Å². The lowest BCUT2D eigenvalue weighted by molar-refractivity contribution is -0.120. The molecule has 0 saturated heterocycles. The molecule has 112 valence electrons. The van der Waals surface area contributed by atoms with Crippen molar-refractivity contribution in [2.45, 2.75) is 26.7 Å². The van der Waals surface area contributed by atoms with E-state index in [-0.39, 0.29) is 5.91 Å². The second-order valence-electron chi connectivity index (χ2n) is 5.07. The maximum Gasteiger partial charge on any atom is 0.224 e. The fourth-order valence-electron chi connectivity index (χ4n) is 2.30. The molecule has 5 nitrogen and oxygen atoms in total. The van der Waals surface area contributed by atoms with Crippen molar-refractivity contribution in [1.82, 2.24) is 15.1 Å². The van der Waals surface area contributed by atoms with Gasteiger partial charge in [0.1, 0.15) is 0 Å². The summed E-state index contributed by atoms with van der Waals surface area (Å²) < 4.78 is 1.89. The molecule has 0 spiro atoms. The van der Waals surface area contributed by atoms with E-state index in [1.54, 1.807) is 0 Å². The summed E-state index contributed by atoms with van der Waals surface area (Å²) in [6.07, 6.45) is 1.15. The van der Waals surface area contributed by atoms with Crippen LogP contribution in [0.2, 0.25) is 0 Å². The van der Waals surface area contributed by atoms with Gasteiger partial charge in [-0.3, -0.25) is 4.79 Å². The highest BCUT2D eigenvalue weighted by Crippen LogP contribution is 2.18. The van der Waals surface area contributed by atoms with Gasteiger partial charge in [-0.15, -0.1) is 0 Å². The molecule has 1 heterocycles. The summed E-state index contributed by atoms with van der Waals surface area (Å²) in [4.78, 5) is 11.9. The molecule has 0 bridgehead atoms. The van der Waals surface area contributed by atoms with Gasteiger partial charge in [0.2, 0.25) is 5.91 Å². The van der Waals surface area contributed by atoms with Gasteiger partial charge in [0.25, 0.3) is 0 Å². The van der Waals surface area contributed by atoms with Gasteiger partial charge in [0.05, 0.1) is 17.8 Å². The van der Waals surface area contributed by atoms with Crippen LogP contribution >= 0.6 is 0 Å². The van der Waals surface area contributed by atoms with Gasteiger partial charge in [-0.05, 0) is 38.9 Å². The number of aromatic nitrogens is 2. The normalized spacial score (nSPS) is 10.6. The minimum absolute atomic E-state index is 0.0160. The standard InChI is InChI=1S/C16H22N4O/c1-12-15(11-16(21)18-10-6-9-17)13(2)20(19-12)14-7-4-3-5-8-14/h3-5,7-8H,6,9-11,17H2,1-2H3,(H,18,21).